The van der Waals surface area contributed by atoms with Crippen molar-refractivity contribution in [1.82, 2.24) is 0 Å². The van der Waals surface area contributed by atoms with Gasteiger partial charge < -0.3 is 14.2 Å². The van der Waals surface area contributed by atoms with Crippen molar-refractivity contribution in [3.8, 4) is 0 Å². The number of ether oxygens (including phenoxy) is 3. The molecule has 0 radical (unpaired) electrons. The van der Waals surface area contributed by atoms with Crippen LogP contribution in [-0.2, 0) is 23.8 Å². The number of hydrogen-bond acceptors (Lipinski definition) is 5. The molecule has 0 fully saturated rings. The molecule has 5 heteroatoms. The fraction of sp³-hybridized carbons (Fsp3) is 0.797. The van der Waals surface area contributed by atoms with Crippen molar-refractivity contribution in [3.63, 3.8) is 0 Å². The molecule has 0 bridgehead atoms. The Morgan fingerprint density at radius 1 is 0.344 bits per heavy atom. The van der Waals surface area contributed by atoms with Gasteiger partial charge in [0, 0.05) is 19.4 Å². The molecule has 0 aliphatic heterocycles. The smallest absolute Gasteiger partial charge is 0.306 e. The summed E-state index contributed by atoms with van der Waals surface area (Å²) in [6.45, 7) is 7.77. The maximum Gasteiger partial charge on any atom is 0.306 e. The Bertz CT molecular complexity index is 1100. The molecule has 64 heavy (non-hydrogen) atoms. The molecule has 0 aromatic rings. The molecule has 0 saturated carbocycles. The summed E-state index contributed by atoms with van der Waals surface area (Å²) in [5, 5.41) is 0. The Kier molecular flexibility index (Phi) is 52.9. The number of hydrogen-bond donors (Lipinski definition) is 0. The van der Waals surface area contributed by atoms with E-state index in [2.05, 4.69) is 75.5 Å². The third-order valence-electron chi connectivity index (χ3n) is 12.1. The predicted octanol–water partition coefficient (Wildman–Crippen LogP) is 18.9. The normalized spacial score (nSPS) is 12.6. The standard InChI is InChI=1S/C59H106O5/c1-4-7-10-13-16-19-22-25-27-29-30-31-32-35-37-40-43-46-49-52-58(60)63-56-57(64-59(61)53-50-47-44-41-38-34-24-21-18-15-12-9-6-3)55-62-54-51-48-45-42-39-36-33-28-26-23-20-17-14-11-8-5-2/h16,19,25,27,30-31,35,37,43,46,57H,4-15,17-18,20-24,26,28-29,32-34,36,38-42,44-45,47-56H2,1-3H3/b19-16-,27-25-,31-30-,37-35-,46-43-/t57-/m1/s1. The molecule has 5 nitrogen and oxygen atoms in total. The van der Waals surface area contributed by atoms with E-state index in [9.17, 15) is 9.59 Å². The van der Waals surface area contributed by atoms with Gasteiger partial charge in [-0.15, -0.1) is 0 Å². The van der Waals surface area contributed by atoms with E-state index in [1.54, 1.807) is 0 Å². The molecule has 0 heterocycles. The lowest BCUT2D eigenvalue weighted by Gasteiger charge is -2.18. The molecule has 0 amide bonds. The van der Waals surface area contributed by atoms with Crippen molar-refractivity contribution < 1.29 is 23.8 Å². The Morgan fingerprint density at radius 2 is 0.688 bits per heavy atom. The quantitative estimate of drug-likeness (QED) is 0.0346. The lowest BCUT2D eigenvalue weighted by atomic mass is 10.0. The average molecular weight is 895 g/mol. The van der Waals surface area contributed by atoms with E-state index < -0.39 is 6.10 Å². The van der Waals surface area contributed by atoms with Gasteiger partial charge in [-0.25, -0.2) is 0 Å². The molecule has 1 atom stereocenters. The van der Waals surface area contributed by atoms with Gasteiger partial charge in [-0.1, -0.05) is 268 Å². The minimum Gasteiger partial charge on any atom is -0.462 e. The summed E-state index contributed by atoms with van der Waals surface area (Å²) in [6, 6.07) is 0. The zero-order valence-electron chi connectivity index (χ0n) is 42.8. The lowest BCUT2D eigenvalue weighted by Crippen LogP contribution is -2.30. The van der Waals surface area contributed by atoms with Gasteiger partial charge in [0.25, 0.3) is 0 Å². The highest BCUT2D eigenvalue weighted by Crippen LogP contribution is 2.16. The zero-order valence-corrected chi connectivity index (χ0v) is 42.8. The molecule has 0 aromatic heterocycles. The van der Waals surface area contributed by atoms with Gasteiger partial charge in [-0.3, -0.25) is 9.59 Å². The largest absolute Gasteiger partial charge is 0.462 e. The van der Waals surface area contributed by atoms with E-state index >= 15 is 0 Å². The van der Waals surface area contributed by atoms with E-state index in [-0.39, 0.29) is 25.2 Å². The monoisotopic (exact) mass is 895 g/mol. The van der Waals surface area contributed by atoms with Gasteiger partial charge in [0.05, 0.1) is 6.61 Å². The number of rotatable bonds is 51. The topological polar surface area (TPSA) is 61.8 Å². The third-order valence-corrected chi connectivity index (χ3v) is 12.1. The maximum atomic E-state index is 12.8. The molecule has 0 aliphatic rings. The van der Waals surface area contributed by atoms with Crippen molar-refractivity contribution in [3.05, 3.63) is 60.8 Å². The molecular formula is C59H106O5. The van der Waals surface area contributed by atoms with Crippen molar-refractivity contribution in [2.75, 3.05) is 19.8 Å². The molecule has 0 unspecified atom stereocenters. The van der Waals surface area contributed by atoms with Crippen LogP contribution >= 0.6 is 0 Å². The summed E-state index contributed by atoms with van der Waals surface area (Å²) in [4.78, 5) is 25.4. The number of esters is 2. The van der Waals surface area contributed by atoms with E-state index in [1.807, 2.05) is 6.08 Å². The lowest BCUT2D eigenvalue weighted by molar-refractivity contribution is -0.162. The predicted molar refractivity (Wildman–Crippen MR) is 279 cm³/mol. The van der Waals surface area contributed by atoms with Gasteiger partial charge in [0.15, 0.2) is 6.10 Å². The molecule has 0 rings (SSSR count). The first-order valence-corrected chi connectivity index (χ1v) is 27.8. The van der Waals surface area contributed by atoms with Crippen molar-refractivity contribution in [2.24, 2.45) is 0 Å². The number of unbranched alkanes of at least 4 members (excludes halogenated alkanes) is 30. The van der Waals surface area contributed by atoms with Crippen LogP contribution in [0.4, 0.5) is 0 Å². The Labute approximate surface area is 398 Å². The van der Waals surface area contributed by atoms with Gasteiger partial charge in [0.2, 0.25) is 0 Å². The number of carbonyl (C=O) groups excluding carboxylic acids is 2. The number of allylic oxidation sites excluding steroid dienone is 10. The van der Waals surface area contributed by atoms with Crippen LogP contribution in [0, 0.1) is 0 Å². The summed E-state index contributed by atoms with van der Waals surface area (Å²) in [5.41, 5.74) is 0. The Morgan fingerprint density at radius 3 is 1.11 bits per heavy atom. The fourth-order valence-corrected chi connectivity index (χ4v) is 7.91. The first-order valence-electron chi connectivity index (χ1n) is 27.8. The van der Waals surface area contributed by atoms with Gasteiger partial charge in [-0.2, -0.15) is 0 Å². The summed E-state index contributed by atoms with van der Waals surface area (Å²) >= 11 is 0. The highest BCUT2D eigenvalue weighted by atomic mass is 16.6. The highest BCUT2D eigenvalue weighted by molar-refractivity contribution is 5.70. The minimum atomic E-state index is -0.563. The average Bonchev–Trinajstić information content (AvgIpc) is 3.30. The SMILES string of the molecule is CCCCC/C=C\C/C=C\C/C=C\C/C=C\C/C=C\CCC(=O)OC[C@@H](COCCCCCCCCCCCCCCCCCC)OC(=O)CCCCCCCCCCCCCCC. The third kappa shape index (κ3) is 52.2. The van der Waals surface area contributed by atoms with Crippen molar-refractivity contribution in [1.29, 1.82) is 0 Å². The van der Waals surface area contributed by atoms with E-state index in [1.165, 1.54) is 186 Å². The second kappa shape index (κ2) is 54.9. The molecule has 0 aromatic carbocycles. The molecule has 372 valence electrons. The molecule has 0 saturated heterocycles. The van der Waals surface area contributed by atoms with E-state index in [0.29, 0.717) is 25.9 Å². The highest BCUT2D eigenvalue weighted by Gasteiger charge is 2.17. The summed E-state index contributed by atoms with van der Waals surface area (Å²) in [5.74, 6) is -0.479. The first-order chi connectivity index (χ1) is 31.6. The summed E-state index contributed by atoms with van der Waals surface area (Å²) in [6.07, 6.45) is 69.6. The van der Waals surface area contributed by atoms with Crippen LogP contribution in [0.2, 0.25) is 0 Å². The fourth-order valence-electron chi connectivity index (χ4n) is 7.91. The summed E-state index contributed by atoms with van der Waals surface area (Å²) in [7, 11) is 0. The maximum absolute atomic E-state index is 12.8. The van der Waals surface area contributed by atoms with Crippen LogP contribution in [0.15, 0.2) is 60.8 Å². The molecule has 0 spiro atoms. The van der Waals surface area contributed by atoms with Crippen LogP contribution in [0.3, 0.4) is 0 Å². The second-order valence-corrected chi connectivity index (χ2v) is 18.5. The van der Waals surface area contributed by atoms with Crippen molar-refractivity contribution >= 4 is 11.9 Å². The van der Waals surface area contributed by atoms with E-state index in [4.69, 9.17) is 14.2 Å². The Hall–Kier alpha value is -2.40. The minimum absolute atomic E-state index is 0.0497. The van der Waals surface area contributed by atoms with Crippen LogP contribution < -0.4 is 0 Å². The van der Waals surface area contributed by atoms with Crippen LogP contribution in [0.5, 0.6) is 0 Å². The molecule has 0 aliphatic carbocycles. The molecule has 0 N–H and O–H groups in total. The first kappa shape index (κ1) is 61.6. The molecular weight excluding hydrogens is 789 g/mol. The second-order valence-electron chi connectivity index (χ2n) is 18.5. The Balaban J connectivity index is 4.34. The van der Waals surface area contributed by atoms with Crippen LogP contribution in [0.1, 0.15) is 278 Å². The van der Waals surface area contributed by atoms with Crippen molar-refractivity contribution in [2.45, 2.75) is 284 Å². The van der Waals surface area contributed by atoms with Gasteiger partial charge in [-0.05, 0) is 57.8 Å². The van der Waals surface area contributed by atoms with Gasteiger partial charge in [0.1, 0.15) is 6.61 Å². The van der Waals surface area contributed by atoms with Crippen LogP contribution in [0.25, 0.3) is 0 Å². The number of carbonyl (C=O) groups is 2. The summed E-state index contributed by atoms with van der Waals surface area (Å²) < 4.78 is 17.4. The zero-order chi connectivity index (χ0) is 46.3. The van der Waals surface area contributed by atoms with E-state index in [0.717, 1.165) is 51.4 Å². The van der Waals surface area contributed by atoms with Crippen LogP contribution in [-0.4, -0.2) is 37.9 Å². The van der Waals surface area contributed by atoms with Gasteiger partial charge >= 0.3 is 11.9 Å².